The average Bonchev–Trinajstić information content (AvgIpc) is 2.69. The van der Waals surface area contributed by atoms with Gasteiger partial charge < -0.3 is 5.32 Å². The largest absolute Gasteiger partial charge is 0.326 e. The van der Waals surface area contributed by atoms with Crippen molar-refractivity contribution in [1.29, 1.82) is 0 Å². The number of piperidine rings is 1. The maximum absolute atomic E-state index is 12.9. The van der Waals surface area contributed by atoms with Crippen molar-refractivity contribution in [3.8, 4) is 0 Å². The molecule has 1 saturated heterocycles. The number of benzene rings is 2. The van der Waals surface area contributed by atoms with E-state index >= 15 is 0 Å². The Morgan fingerprint density at radius 1 is 1.15 bits per heavy atom. The molecule has 2 aromatic rings. The highest BCUT2D eigenvalue weighted by atomic mass is 32.2. The van der Waals surface area contributed by atoms with Crippen molar-refractivity contribution in [3.63, 3.8) is 0 Å². The van der Waals surface area contributed by atoms with E-state index in [1.165, 1.54) is 4.31 Å². The van der Waals surface area contributed by atoms with Crippen LogP contribution in [0.5, 0.6) is 0 Å². The maximum Gasteiger partial charge on any atom is 0.243 e. The minimum absolute atomic E-state index is 0.111. The number of amides is 1. The molecule has 1 amide bonds. The molecule has 0 aromatic heterocycles. The molecule has 0 spiro atoms. The Kier molecular flexibility index (Phi) is 5.97. The lowest BCUT2D eigenvalue weighted by Crippen LogP contribution is -2.43. The van der Waals surface area contributed by atoms with Gasteiger partial charge in [0, 0.05) is 18.8 Å². The van der Waals surface area contributed by atoms with Crippen LogP contribution in [0.15, 0.2) is 53.4 Å². The molecule has 144 valence electrons. The van der Waals surface area contributed by atoms with Gasteiger partial charge in [0.1, 0.15) is 0 Å². The normalized spacial score (nSPS) is 18.2. The van der Waals surface area contributed by atoms with E-state index in [0.717, 1.165) is 23.2 Å². The third kappa shape index (κ3) is 4.39. The Hall–Kier alpha value is -2.18. The Bertz CT molecular complexity index is 907. The van der Waals surface area contributed by atoms with Crippen LogP contribution in [-0.2, 0) is 21.2 Å². The number of anilines is 1. The topological polar surface area (TPSA) is 66.5 Å². The van der Waals surface area contributed by atoms with Gasteiger partial charge in [-0.2, -0.15) is 4.31 Å². The molecule has 0 saturated carbocycles. The third-order valence-corrected chi connectivity index (χ3v) is 6.95. The third-order valence-electron chi connectivity index (χ3n) is 5.07. The molecule has 0 aliphatic carbocycles. The van der Waals surface area contributed by atoms with Crippen molar-refractivity contribution < 1.29 is 13.2 Å². The average molecular weight is 387 g/mol. The number of nitrogens with one attached hydrogen (secondary N) is 1. The van der Waals surface area contributed by atoms with E-state index in [0.29, 0.717) is 19.4 Å². The van der Waals surface area contributed by atoms with Gasteiger partial charge in [-0.05, 0) is 49.9 Å². The van der Waals surface area contributed by atoms with Crippen molar-refractivity contribution >= 4 is 21.6 Å². The highest BCUT2D eigenvalue weighted by molar-refractivity contribution is 7.89. The first kappa shape index (κ1) is 19.6. The number of nitrogens with zero attached hydrogens (tertiary/aromatic N) is 1. The van der Waals surface area contributed by atoms with Gasteiger partial charge >= 0.3 is 0 Å². The summed E-state index contributed by atoms with van der Waals surface area (Å²) in [5, 5.41) is 2.99. The second-order valence-corrected chi connectivity index (χ2v) is 8.95. The highest BCUT2D eigenvalue weighted by Gasteiger charge is 2.33. The van der Waals surface area contributed by atoms with Gasteiger partial charge in [0.05, 0.1) is 10.8 Å². The van der Waals surface area contributed by atoms with E-state index in [4.69, 9.17) is 0 Å². The lowest BCUT2D eigenvalue weighted by molar-refractivity contribution is -0.120. The van der Waals surface area contributed by atoms with Crippen molar-refractivity contribution in [2.75, 3.05) is 18.4 Å². The number of rotatable bonds is 5. The molecule has 2 aromatic carbocycles. The highest BCUT2D eigenvalue weighted by Crippen LogP contribution is 2.25. The number of sulfonamides is 1. The van der Waals surface area contributed by atoms with Gasteiger partial charge in [-0.1, -0.05) is 42.8 Å². The maximum atomic E-state index is 12.9. The van der Waals surface area contributed by atoms with E-state index in [9.17, 15) is 13.2 Å². The molecule has 0 bridgehead atoms. The fourth-order valence-electron chi connectivity index (χ4n) is 3.42. The number of hydrogen-bond donors (Lipinski definition) is 1. The quantitative estimate of drug-likeness (QED) is 0.854. The van der Waals surface area contributed by atoms with E-state index in [2.05, 4.69) is 5.32 Å². The summed E-state index contributed by atoms with van der Waals surface area (Å²) in [7, 11) is -3.58. The Morgan fingerprint density at radius 2 is 1.85 bits per heavy atom. The molecule has 3 rings (SSSR count). The fourth-order valence-corrected chi connectivity index (χ4v) is 4.94. The van der Waals surface area contributed by atoms with E-state index in [1.807, 2.05) is 38.1 Å². The Labute approximate surface area is 161 Å². The van der Waals surface area contributed by atoms with Crippen molar-refractivity contribution in [3.05, 3.63) is 59.7 Å². The molecular weight excluding hydrogens is 360 g/mol. The Balaban J connectivity index is 1.73. The van der Waals surface area contributed by atoms with E-state index < -0.39 is 10.0 Å². The summed E-state index contributed by atoms with van der Waals surface area (Å²) in [6, 6.07) is 14.6. The van der Waals surface area contributed by atoms with Crippen LogP contribution >= 0.6 is 0 Å². The standard InChI is InChI=1S/C21H26N2O3S/c1-3-17-7-4-5-9-20(17)22-21(24)18-8-6-14-23(15-18)27(25,26)19-12-10-16(2)11-13-19/h4-5,7,9-13,18H,3,6,8,14-15H2,1-2H3,(H,22,24)/t18-/m1/s1. The van der Waals surface area contributed by atoms with Gasteiger partial charge in [-0.15, -0.1) is 0 Å². The summed E-state index contributed by atoms with van der Waals surface area (Å²) in [4.78, 5) is 13.0. The first-order chi connectivity index (χ1) is 12.9. The van der Waals surface area contributed by atoms with Gasteiger partial charge in [-0.3, -0.25) is 4.79 Å². The number of aryl methyl sites for hydroxylation is 2. The van der Waals surface area contributed by atoms with Crippen LogP contribution < -0.4 is 5.32 Å². The molecule has 27 heavy (non-hydrogen) atoms. The monoisotopic (exact) mass is 386 g/mol. The minimum Gasteiger partial charge on any atom is -0.326 e. The van der Waals surface area contributed by atoms with E-state index in [-0.39, 0.29) is 23.3 Å². The number of carbonyl (C=O) groups excluding carboxylic acids is 1. The zero-order chi connectivity index (χ0) is 19.4. The van der Waals surface area contributed by atoms with Gasteiger partial charge in [-0.25, -0.2) is 8.42 Å². The molecular formula is C21H26N2O3S. The molecule has 1 heterocycles. The summed E-state index contributed by atoms with van der Waals surface area (Å²) in [5.41, 5.74) is 2.90. The van der Waals surface area contributed by atoms with Crippen LogP contribution in [0.3, 0.4) is 0 Å². The first-order valence-corrected chi connectivity index (χ1v) is 10.8. The summed E-state index contributed by atoms with van der Waals surface area (Å²) in [6.45, 7) is 4.63. The van der Waals surface area contributed by atoms with Crippen LogP contribution in [0.4, 0.5) is 5.69 Å². The SMILES string of the molecule is CCc1ccccc1NC(=O)[C@@H]1CCCN(S(=O)(=O)c2ccc(C)cc2)C1. The zero-order valence-corrected chi connectivity index (χ0v) is 16.6. The molecule has 6 heteroatoms. The molecule has 1 aliphatic heterocycles. The molecule has 1 aliphatic rings. The summed E-state index contributed by atoms with van der Waals surface area (Å²) in [5.74, 6) is -0.455. The number of hydrogen-bond acceptors (Lipinski definition) is 3. The molecule has 0 unspecified atom stereocenters. The van der Waals surface area contributed by atoms with Gasteiger partial charge in [0.2, 0.25) is 15.9 Å². The lowest BCUT2D eigenvalue weighted by Gasteiger charge is -2.31. The van der Waals surface area contributed by atoms with Crippen molar-refractivity contribution in [2.24, 2.45) is 5.92 Å². The van der Waals surface area contributed by atoms with Crippen LogP contribution in [0.25, 0.3) is 0 Å². The smallest absolute Gasteiger partial charge is 0.243 e. The van der Waals surface area contributed by atoms with E-state index in [1.54, 1.807) is 24.3 Å². The molecule has 0 radical (unpaired) electrons. The van der Waals surface area contributed by atoms with Gasteiger partial charge in [0.15, 0.2) is 0 Å². The number of para-hydroxylation sites is 1. The summed E-state index contributed by atoms with van der Waals surface area (Å²) in [6.07, 6.45) is 2.20. The minimum atomic E-state index is -3.58. The molecule has 5 nitrogen and oxygen atoms in total. The predicted molar refractivity (Wildman–Crippen MR) is 107 cm³/mol. The fraction of sp³-hybridized carbons (Fsp3) is 0.381. The molecule has 1 fully saturated rings. The van der Waals surface area contributed by atoms with Crippen LogP contribution in [0, 0.1) is 12.8 Å². The molecule has 1 atom stereocenters. The van der Waals surface area contributed by atoms with Crippen molar-refractivity contribution in [1.82, 2.24) is 4.31 Å². The summed E-state index contributed by atoms with van der Waals surface area (Å²) >= 11 is 0. The second kappa shape index (κ2) is 8.23. The second-order valence-electron chi connectivity index (χ2n) is 7.02. The van der Waals surface area contributed by atoms with Crippen LogP contribution in [0.1, 0.15) is 30.9 Å². The number of carbonyl (C=O) groups is 1. The molecule has 1 N–H and O–H groups in total. The van der Waals surface area contributed by atoms with Gasteiger partial charge in [0.25, 0.3) is 0 Å². The van der Waals surface area contributed by atoms with Crippen molar-refractivity contribution in [2.45, 2.75) is 38.0 Å². The Morgan fingerprint density at radius 3 is 2.56 bits per heavy atom. The van der Waals surface area contributed by atoms with Crippen LogP contribution in [0.2, 0.25) is 0 Å². The predicted octanol–water partition coefficient (Wildman–Crippen LogP) is 3.60. The lowest BCUT2D eigenvalue weighted by atomic mass is 9.98. The van der Waals surface area contributed by atoms with Crippen LogP contribution in [-0.4, -0.2) is 31.7 Å². The summed E-state index contributed by atoms with van der Waals surface area (Å²) < 4.78 is 27.3. The zero-order valence-electron chi connectivity index (χ0n) is 15.8. The first-order valence-electron chi connectivity index (χ1n) is 9.37.